The highest BCUT2D eigenvalue weighted by molar-refractivity contribution is 5.80. The molecule has 0 spiro atoms. The standard InChI is InChI=1S/C18H19NO2/c1-20-12-15-6-4-5-14(9-15)10-19-11-16-13-21-18-8-3-2-7-17(16)18/h2-9,13,19H,10-12H2,1H3. The van der Waals surface area contributed by atoms with Crippen LogP contribution in [-0.4, -0.2) is 7.11 Å². The maximum atomic E-state index is 5.55. The van der Waals surface area contributed by atoms with Gasteiger partial charge in [-0.1, -0.05) is 42.5 Å². The van der Waals surface area contributed by atoms with Crippen molar-refractivity contribution in [3.05, 3.63) is 71.5 Å². The van der Waals surface area contributed by atoms with E-state index in [0.717, 1.165) is 18.7 Å². The van der Waals surface area contributed by atoms with E-state index in [1.165, 1.54) is 22.1 Å². The number of benzene rings is 2. The summed E-state index contributed by atoms with van der Waals surface area (Å²) in [4.78, 5) is 0. The minimum absolute atomic E-state index is 0.653. The Hall–Kier alpha value is -2.10. The van der Waals surface area contributed by atoms with E-state index in [0.29, 0.717) is 6.61 Å². The van der Waals surface area contributed by atoms with Crippen LogP contribution in [0, 0.1) is 0 Å². The van der Waals surface area contributed by atoms with Gasteiger partial charge in [0.2, 0.25) is 0 Å². The molecule has 0 saturated heterocycles. The van der Waals surface area contributed by atoms with Gasteiger partial charge in [0.15, 0.2) is 0 Å². The van der Waals surface area contributed by atoms with E-state index in [1.807, 2.05) is 24.5 Å². The van der Waals surface area contributed by atoms with Crippen molar-refractivity contribution < 1.29 is 9.15 Å². The maximum Gasteiger partial charge on any atom is 0.134 e. The van der Waals surface area contributed by atoms with Crippen LogP contribution in [0.3, 0.4) is 0 Å². The molecule has 0 unspecified atom stereocenters. The fraction of sp³-hybridized carbons (Fsp3) is 0.222. The van der Waals surface area contributed by atoms with Crippen molar-refractivity contribution in [1.29, 1.82) is 0 Å². The largest absolute Gasteiger partial charge is 0.464 e. The van der Waals surface area contributed by atoms with Crippen molar-refractivity contribution in [1.82, 2.24) is 5.32 Å². The highest BCUT2D eigenvalue weighted by Gasteiger charge is 2.04. The minimum atomic E-state index is 0.653. The molecule has 0 bridgehead atoms. The Morgan fingerprint density at radius 3 is 2.76 bits per heavy atom. The van der Waals surface area contributed by atoms with Crippen LogP contribution in [-0.2, 0) is 24.4 Å². The van der Waals surface area contributed by atoms with Gasteiger partial charge in [-0.2, -0.15) is 0 Å². The first kappa shape index (κ1) is 13.9. The fourth-order valence-corrected chi connectivity index (χ4v) is 2.51. The monoisotopic (exact) mass is 281 g/mol. The van der Waals surface area contributed by atoms with Gasteiger partial charge >= 0.3 is 0 Å². The highest BCUT2D eigenvalue weighted by atomic mass is 16.5. The van der Waals surface area contributed by atoms with Crippen LogP contribution in [0.15, 0.2) is 59.2 Å². The molecule has 0 saturated carbocycles. The Kier molecular flexibility index (Phi) is 4.34. The summed E-state index contributed by atoms with van der Waals surface area (Å²) in [5, 5.41) is 4.64. The molecule has 108 valence electrons. The molecule has 1 N–H and O–H groups in total. The van der Waals surface area contributed by atoms with E-state index >= 15 is 0 Å². The lowest BCUT2D eigenvalue weighted by Crippen LogP contribution is -2.12. The van der Waals surface area contributed by atoms with Gasteiger partial charge in [0.05, 0.1) is 12.9 Å². The Labute approximate surface area is 124 Å². The highest BCUT2D eigenvalue weighted by Crippen LogP contribution is 2.20. The van der Waals surface area contributed by atoms with Crippen molar-refractivity contribution in [2.24, 2.45) is 0 Å². The second kappa shape index (κ2) is 6.57. The molecule has 21 heavy (non-hydrogen) atoms. The lowest BCUT2D eigenvalue weighted by Gasteiger charge is -2.06. The summed E-state index contributed by atoms with van der Waals surface area (Å²) in [7, 11) is 1.72. The van der Waals surface area contributed by atoms with Crippen molar-refractivity contribution in [2.75, 3.05) is 7.11 Å². The number of hydrogen-bond acceptors (Lipinski definition) is 3. The van der Waals surface area contributed by atoms with Gasteiger partial charge in [-0.15, -0.1) is 0 Å². The summed E-state index contributed by atoms with van der Waals surface area (Å²) >= 11 is 0. The molecule has 0 aliphatic carbocycles. The zero-order valence-corrected chi connectivity index (χ0v) is 12.1. The molecule has 1 aromatic heterocycles. The molecule has 0 aliphatic heterocycles. The quantitative estimate of drug-likeness (QED) is 0.745. The first-order chi connectivity index (χ1) is 10.4. The second-order valence-electron chi connectivity index (χ2n) is 5.11. The van der Waals surface area contributed by atoms with Gasteiger partial charge < -0.3 is 14.5 Å². The average Bonchev–Trinajstić information content (AvgIpc) is 2.92. The Balaban J connectivity index is 1.62. The van der Waals surface area contributed by atoms with Gasteiger partial charge in [0.1, 0.15) is 5.58 Å². The molecule has 3 rings (SSSR count). The lowest BCUT2D eigenvalue weighted by atomic mass is 10.1. The molecule has 3 nitrogen and oxygen atoms in total. The van der Waals surface area contributed by atoms with E-state index in [1.54, 1.807) is 7.11 Å². The zero-order chi connectivity index (χ0) is 14.5. The molecule has 3 aromatic rings. The average molecular weight is 281 g/mol. The normalized spacial score (nSPS) is 11.1. The fourth-order valence-electron chi connectivity index (χ4n) is 2.51. The number of fused-ring (bicyclic) bond motifs is 1. The van der Waals surface area contributed by atoms with Gasteiger partial charge in [-0.25, -0.2) is 0 Å². The Morgan fingerprint density at radius 1 is 1.00 bits per heavy atom. The van der Waals surface area contributed by atoms with Gasteiger partial charge in [-0.3, -0.25) is 0 Å². The molecule has 2 aromatic carbocycles. The Morgan fingerprint density at radius 2 is 1.86 bits per heavy atom. The maximum absolute atomic E-state index is 5.55. The number of para-hydroxylation sites is 1. The minimum Gasteiger partial charge on any atom is -0.464 e. The molecule has 1 heterocycles. The van der Waals surface area contributed by atoms with Crippen molar-refractivity contribution in [3.63, 3.8) is 0 Å². The molecule has 0 fully saturated rings. The number of nitrogens with one attached hydrogen (secondary N) is 1. The number of hydrogen-bond donors (Lipinski definition) is 1. The molecular formula is C18H19NO2. The van der Waals surface area contributed by atoms with Crippen LogP contribution in [0.25, 0.3) is 11.0 Å². The summed E-state index contributed by atoms with van der Waals surface area (Å²) < 4.78 is 10.7. The molecular weight excluding hydrogens is 262 g/mol. The van der Waals surface area contributed by atoms with Gasteiger partial charge in [-0.05, 0) is 17.2 Å². The van der Waals surface area contributed by atoms with Crippen molar-refractivity contribution in [3.8, 4) is 0 Å². The molecule has 0 aliphatic rings. The van der Waals surface area contributed by atoms with Gasteiger partial charge in [0, 0.05) is 31.1 Å². The predicted molar refractivity (Wildman–Crippen MR) is 83.9 cm³/mol. The van der Waals surface area contributed by atoms with Crippen molar-refractivity contribution in [2.45, 2.75) is 19.7 Å². The lowest BCUT2D eigenvalue weighted by molar-refractivity contribution is 0.185. The molecule has 0 atom stereocenters. The van der Waals surface area contributed by atoms with E-state index in [2.05, 4.69) is 35.6 Å². The first-order valence-electron chi connectivity index (χ1n) is 7.09. The van der Waals surface area contributed by atoms with Crippen LogP contribution >= 0.6 is 0 Å². The Bertz CT molecular complexity index is 718. The molecule has 0 amide bonds. The molecule has 0 radical (unpaired) electrons. The predicted octanol–water partition coefficient (Wildman–Crippen LogP) is 3.87. The third-order valence-corrected chi connectivity index (χ3v) is 3.51. The number of ether oxygens (including phenoxy) is 1. The summed E-state index contributed by atoms with van der Waals surface area (Å²) in [5.74, 6) is 0. The number of methoxy groups -OCH3 is 1. The van der Waals surface area contributed by atoms with Crippen LogP contribution < -0.4 is 5.32 Å². The third kappa shape index (κ3) is 3.32. The van der Waals surface area contributed by atoms with E-state index in [-0.39, 0.29) is 0 Å². The van der Waals surface area contributed by atoms with Gasteiger partial charge in [0.25, 0.3) is 0 Å². The van der Waals surface area contributed by atoms with Crippen LogP contribution in [0.5, 0.6) is 0 Å². The smallest absolute Gasteiger partial charge is 0.134 e. The van der Waals surface area contributed by atoms with Crippen LogP contribution in [0.4, 0.5) is 0 Å². The zero-order valence-electron chi connectivity index (χ0n) is 12.1. The van der Waals surface area contributed by atoms with E-state index in [9.17, 15) is 0 Å². The summed E-state index contributed by atoms with van der Waals surface area (Å²) in [6.07, 6.45) is 1.83. The number of furan rings is 1. The molecule has 3 heteroatoms. The summed E-state index contributed by atoms with van der Waals surface area (Å²) in [6, 6.07) is 16.6. The van der Waals surface area contributed by atoms with Crippen molar-refractivity contribution >= 4 is 11.0 Å². The van der Waals surface area contributed by atoms with E-state index in [4.69, 9.17) is 9.15 Å². The van der Waals surface area contributed by atoms with Crippen LogP contribution in [0.1, 0.15) is 16.7 Å². The van der Waals surface area contributed by atoms with E-state index < -0.39 is 0 Å². The summed E-state index contributed by atoms with van der Waals surface area (Å²) in [6.45, 7) is 2.28. The van der Waals surface area contributed by atoms with Crippen LogP contribution in [0.2, 0.25) is 0 Å². The first-order valence-corrected chi connectivity index (χ1v) is 7.09. The topological polar surface area (TPSA) is 34.4 Å². The third-order valence-electron chi connectivity index (χ3n) is 3.51. The number of rotatable bonds is 6. The second-order valence-corrected chi connectivity index (χ2v) is 5.11. The summed E-state index contributed by atoms with van der Waals surface area (Å²) in [5.41, 5.74) is 4.60. The SMILES string of the molecule is COCc1cccc(CNCc2coc3ccccc23)c1.